The van der Waals surface area contributed by atoms with E-state index < -0.39 is 26.1 Å². The molecule has 3 heterocycles. The first-order valence-electron chi connectivity index (χ1n) is 16.0. The lowest BCUT2D eigenvalue weighted by atomic mass is 9.57. The highest BCUT2D eigenvalue weighted by Gasteiger charge is 2.70. The summed E-state index contributed by atoms with van der Waals surface area (Å²) >= 11 is 0. The third-order valence-electron chi connectivity index (χ3n) is 11.2. The standard InChI is InChI=1S/C34H53NO7Si/c1-19-16-20(2)34-23(17-24(38-8)18-39-28(19)22(4)36)13-14-25-27(34)29(42-43(9,10)33(5,6)7)21(3)30(31(25)41-34)40-32(37)26-12-11-15-35-26/h11-16,19,21-25,27-31,35-36H,17-18H2,1-10H3/b20-16+/t19-,21-,22-,23-,24+,25-,27+,28-,29-,30-,31-,34+/m1/s1. The van der Waals surface area contributed by atoms with Crippen molar-refractivity contribution in [1.82, 2.24) is 4.98 Å². The van der Waals surface area contributed by atoms with E-state index in [1.54, 1.807) is 32.4 Å². The van der Waals surface area contributed by atoms with Crippen LogP contribution in [0, 0.1) is 29.6 Å². The van der Waals surface area contributed by atoms with Crippen LogP contribution in [0.5, 0.6) is 0 Å². The summed E-state index contributed by atoms with van der Waals surface area (Å²) in [6, 6.07) is 3.54. The second-order valence-electron chi connectivity index (χ2n) is 15.0. The van der Waals surface area contributed by atoms with E-state index in [1.165, 1.54) is 0 Å². The summed E-state index contributed by atoms with van der Waals surface area (Å²) in [6.07, 6.45) is 7.09. The van der Waals surface area contributed by atoms with Gasteiger partial charge in [0.15, 0.2) is 8.32 Å². The van der Waals surface area contributed by atoms with E-state index in [0.717, 1.165) is 5.57 Å². The number of esters is 1. The zero-order valence-corrected chi connectivity index (χ0v) is 28.6. The van der Waals surface area contributed by atoms with Crippen LogP contribution in [0.25, 0.3) is 0 Å². The minimum Gasteiger partial charge on any atom is -0.455 e. The number of rotatable bonds is 6. The first kappa shape index (κ1) is 32.6. The highest BCUT2D eigenvalue weighted by molar-refractivity contribution is 6.74. The summed E-state index contributed by atoms with van der Waals surface area (Å²) in [5.41, 5.74) is 0.870. The van der Waals surface area contributed by atoms with Gasteiger partial charge in [-0.05, 0) is 56.1 Å². The number of aromatic nitrogens is 1. The smallest absolute Gasteiger partial charge is 0.355 e. The van der Waals surface area contributed by atoms with E-state index in [0.29, 0.717) is 18.7 Å². The molecule has 2 aliphatic carbocycles. The van der Waals surface area contributed by atoms with Crippen molar-refractivity contribution in [1.29, 1.82) is 0 Å². The summed E-state index contributed by atoms with van der Waals surface area (Å²) in [6.45, 7) is 20.0. The van der Waals surface area contributed by atoms with Crippen molar-refractivity contribution in [3.05, 3.63) is 47.8 Å². The largest absolute Gasteiger partial charge is 0.455 e. The van der Waals surface area contributed by atoms with Gasteiger partial charge >= 0.3 is 5.97 Å². The quantitative estimate of drug-likeness (QED) is 0.233. The van der Waals surface area contributed by atoms with Crippen molar-refractivity contribution < 1.29 is 33.3 Å². The van der Waals surface area contributed by atoms with Gasteiger partial charge in [-0.1, -0.05) is 52.8 Å². The lowest BCUT2D eigenvalue weighted by Gasteiger charge is -2.53. The molecule has 0 unspecified atom stereocenters. The molecule has 240 valence electrons. The number of carbonyl (C=O) groups excluding carboxylic acids is 1. The van der Waals surface area contributed by atoms with Gasteiger partial charge in [-0.3, -0.25) is 0 Å². The predicted octanol–water partition coefficient (Wildman–Crippen LogP) is 5.90. The van der Waals surface area contributed by atoms with E-state index in [4.69, 9.17) is 23.4 Å². The van der Waals surface area contributed by atoms with Crippen molar-refractivity contribution >= 4 is 14.3 Å². The highest BCUT2D eigenvalue weighted by Crippen LogP contribution is 2.62. The highest BCUT2D eigenvalue weighted by atomic mass is 28.4. The lowest BCUT2D eigenvalue weighted by molar-refractivity contribution is -0.117. The minimum absolute atomic E-state index is 0.000168. The van der Waals surface area contributed by atoms with Gasteiger partial charge in [-0.2, -0.15) is 0 Å². The number of nitrogens with one attached hydrogen (secondary N) is 1. The number of methoxy groups -OCH3 is 1. The summed E-state index contributed by atoms with van der Waals surface area (Å²) in [5.74, 6) is -0.457. The Morgan fingerprint density at radius 1 is 1.21 bits per heavy atom. The molecule has 1 aromatic rings. The minimum atomic E-state index is -2.25. The molecular formula is C34H53NO7Si. The summed E-state index contributed by atoms with van der Waals surface area (Å²) < 4.78 is 33.3. The van der Waals surface area contributed by atoms with Crippen molar-refractivity contribution in [2.24, 2.45) is 29.6 Å². The molecule has 0 radical (unpaired) electrons. The van der Waals surface area contributed by atoms with Gasteiger partial charge in [0.2, 0.25) is 0 Å². The summed E-state index contributed by atoms with van der Waals surface area (Å²) in [7, 11) is -0.527. The van der Waals surface area contributed by atoms with E-state index in [-0.39, 0.29) is 65.0 Å². The normalized spacial score (nSPS) is 41.6. The molecule has 1 spiro atoms. The second kappa shape index (κ2) is 11.9. The number of H-pyrrole nitrogens is 1. The number of hydrogen-bond acceptors (Lipinski definition) is 7. The number of carbonyl (C=O) groups is 1. The fourth-order valence-electron chi connectivity index (χ4n) is 7.91. The van der Waals surface area contributed by atoms with Crippen LogP contribution < -0.4 is 0 Å². The monoisotopic (exact) mass is 615 g/mol. The zero-order valence-electron chi connectivity index (χ0n) is 27.6. The Bertz CT molecular complexity index is 1200. The van der Waals surface area contributed by atoms with Gasteiger partial charge < -0.3 is 33.5 Å². The molecule has 43 heavy (non-hydrogen) atoms. The van der Waals surface area contributed by atoms with Crippen LogP contribution in [0.3, 0.4) is 0 Å². The van der Waals surface area contributed by atoms with Gasteiger partial charge in [-0.25, -0.2) is 4.79 Å². The first-order chi connectivity index (χ1) is 20.1. The van der Waals surface area contributed by atoms with Gasteiger partial charge in [0.25, 0.3) is 0 Å². The Hall–Kier alpha value is -1.75. The Morgan fingerprint density at radius 3 is 2.53 bits per heavy atom. The predicted molar refractivity (Wildman–Crippen MR) is 168 cm³/mol. The number of hydrogen-bond donors (Lipinski definition) is 2. The van der Waals surface area contributed by atoms with Gasteiger partial charge in [0.1, 0.15) is 23.5 Å². The van der Waals surface area contributed by atoms with Crippen LogP contribution >= 0.6 is 0 Å². The topological polar surface area (TPSA) is 99.2 Å². The zero-order chi connectivity index (χ0) is 31.5. The molecule has 5 rings (SSSR count). The molecule has 12 atom stereocenters. The van der Waals surface area contributed by atoms with Crippen LogP contribution in [0.1, 0.15) is 65.4 Å². The van der Waals surface area contributed by atoms with Crippen LogP contribution in [-0.4, -0.2) is 80.3 Å². The molecule has 0 amide bonds. The molecule has 8 nitrogen and oxygen atoms in total. The van der Waals surface area contributed by atoms with Crippen molar-refractivity contribution in [3.63, 3.8) is 0 Å². The fourth-order valence-corrected chi connectivity index (χ4v) is 9.30. The SMILES string of the molecule is CO[C@@H]1CO[C@@H]([C@@H](C)O)[C@H](C)/C=C(\C)[C@]23O[C@@H]4[C@H](C=C[C@@H]2C1)[C@H]3[C@H](O[Si](C)(C)C(C)(C)C)[C@@H](C)[C@H]4OC(=O)c1ccc[nH]1. The maximum absolute atomic E-state index is 13.4. The molecular weight excluding hydrogens is 562 g/mol. The molecule has 1 saturated carbocycles. The first-order valence-corrected chi connectivity index (χ1v) is 18.9. The number of aromatic amines is 1. The molecule has 0 aromatic carbocycles. The Morgan fingerprint density at radius 2 is 1.93 bits per heavy atom. The van der Waals surface area contributed by atoms with E-state index in [1.807, 2.05) is 0 Å². The van der Waals surface area contributed by atoms with Crippen molar-refractivity contribution in [3.8, 4) is 0 Å². The summed E-state index contributed by atoms with van der Waals surface area (Å²) in [5, 5.41) is 10.7. The molecule has 9 heteroatoms. The van der Waals surface area contributed by atoms with Crippen LogP contribution in [-0.2, 0) is 23.4 Å². The number of ether oxygens (including phenoxy) is 4. The number of aliphatic hydroxyl groups excluding tert-OH is 1. The Balaban J connectivity index is 1.65. The molecule has 1 aromatic heterocycles. The van der Waals surface area contributed by atoms with Crippen LogP contribution in [0.4, 0.5) is 0 Å². The number of aliphatic hydroxyl groups is 1. The maximum atomic E-state index is 13.4. The molecule has 1 saturated heterocycles. The molecule has 2 N–H and O–H groups in total. The van der Waals surface area contributed by atoms with Gasteiger partial charge in [-0.15, -0.1) is 0 Å². The van der Waals surface area contributed by atoms with E-state index in [9.17, 15) is 9.90 Å². The third-order valence-corrected chi connectivity index (χ3v) is 15.7. The van der Waals surface area contributed by atoms with Crippen LogP contribution in [0.2, 0.25) is 18.1 Å². The fraction of sp³-hybridized carbons (Fsp3) is 0.735. The van der Waals surface area contributed by atoms with E-state index >= 15 is 0 Å². The molecule has 4 aliphatic rings. The molecule has 4 bridgehead atoms. The lowest BCUT2D eigenvalue weighted by Crippen LogP contribution is -2.60. The average Bonchev–Trinajstić information content (AvgIpc) is 3.52. The van der Waals surface area contributed by atoms with Gasteiger partial charge in [0.05, 0.1) is 31.0 Å². The maximum Gasteiger partial charge on any atom is 0.355 e. The van der Waals surface area contributed by atoms with Gasteiger partial charge in [0, 0.05) is 42.9 Å². The van der Waals surface area contributed by atoms with Crippen molar-refractivity contribution in [2.45, 2.75) is 115 Å². The van der Waals surface area contributed by atoms with Crippen molar-refractivity contribution in [2.75, 3.05) is 13.7 Å². The second-order valence-corrected chi connectivity index (χ2v) is 19.7. The Labute approximate surface area is 258 Å². The van der Waals surface area contributed by atoms with Crippen LogP contribution in [0.15, 0.2) is 42.1 Å². The molecule has 2 fully saturated rings. The third kappa shape index (κ3) is 5.63. The average molecular weight is 616 g/mol. The molecule has 2 aliphatic heterocycles. The Kier molecular flexibility index (Phi) is 9.01. The van der Waals surface area contributed by atoms with E-state index in [2.05, 4.69) is 77.8 Å². The summed E-state index contributed by atoms with van der Waals surface area (Å²) in [4.78, 5) is 16.4.